The van der Waals surface area contributed by atoms with Crippen molar-refractivity contribution in [1.29, 1.82) is 0 Å². The molecule has 0 heterocycles. The number of ether oxygens (including phenoxy) is 3. The highest BCUT2D eigenvalue weighted by Crippen LogP contribution is 2.06. The first-order valence-corrected chi connectivity index (χ1v) is 13.9. The van der Waals surface area contributed by atoms with Crippen molar-refractivity contribution < 1.29 is 47.8 Å². The van der Waals surface area contributed by atoms with Gasteiger partial charge < -0.3 is 40.7 Å². The highest BCUT2D eigenvalue weighted by molar-refractivity contribution is 5.94. The second kappa shape index (κ2) is 26.2. The number of primary amides is 1. The summed E-state index contributed by atoms with van der Waals surface area (Å²) in [7, 11) is 0. The fraction of sp³-hybridized carbons (Fsp3) is 0.667. The van der Waals surface area contributed by atoms with Crippen LogP contribution in [0.1, 0.15) is 58.3 Å². The van der Waals surface area contributed by atoms with Gasteiger partial charge in [-0.05, 0) is 32.3 Å². The molecule has 0 aromatic carbocycles. The highest BCUT2D eigenvalue weighted by atomic mass is 16.5. The predicted molar refractivity (Wildman–Crippen MR) is 151 cm³/mol. The zero-order valence-corrected chi connectivity index (χ0v) is 24.2. The summed E-state index contributed by atoms with van der Waals surface area (Å²) < 4.78 is 16.6. The molecule has 0 saturated carbocycles. The Hall–Kier alpha value is -3.69. The van der Waals surface area contributed by atoms with E-state index in [4.69, 9.17) is 19.9 Å². The van der Waals surface area contributed by atoms with Crippen molar-refractivity contribution in [3.63, 3.8) is 0 Å². The third kappa shape index (κ3) is 24.1. The lowest BCUT2D eigenvalue weighted by molar-refractivity contribution is -0.131. The normalized spacial score (nSPS) is 12.2. The van der Waals surface area contributed by atoms with Crippen molar-refractivity contribution in [1.82, 2.24) is 21.3 Å². The van der Waals surface area contributed by atoms with Crippen LogP contribution < -0.4 is 27.0 Å². The van der Waals surface area contributed by atoms with Crippen LogP contribution in [0.5, 0.6) is 0 Å². The molecule has 0 bridgehead atoms. The molecule has 0 fully saturated rings. The molecule has 42 heavy (non-hydrogen) atoms. The minimum Gasteiger partial charge on any atom is -0.379 e. The number of hydrogen-bond donors (Lipinski definition) is 5. The second-order valence-corrected chi connectivity index (χ2v) is 9.13. The monoisotopic (exact) mass is 599 g/mol. The van der Waals surface area contributed by atoms with Gasteiger partial charge in [-0.15, -0.1) is 0 Å². The summed E-state index contributed by atoms with van der Waals surface area (Å²) in [4.78, 5) is 78.3. The third-order valence-electron chi connectivity index (χ3n) is 5.50. The van der Waals surface area contributed by atoms with E-state index in [9.17, 15) is 33.6 Å². The summed E-state index contributed by atoms with van der Waals surface area (Å²) >= 11 is 0. The van der Waals surface area contributed by atoms with Crippen LogP contribution in [-0.4, -0.2) is 101 Å². The zero-order valence-electron chi connectivity index (χ0n) is 24.2. The van der Waals surface area contributed by atoms with Gasteiger partial charge in [0, 0.05) is 32.4 Å². The van der Waals surface area contributed by atoms with Gasteiger partial charge in [-0.1, -0.05) is 18.9 Å². The molecule has 0 rings (SSSR count). The summed E-state index contributed by atoms with van der Waals surface area (Å²) in [6.45, 7) is 3.77. The van der Waals surface area contributed by atoms with E-state index >= 15 is 0 Å². The van der Waals surface area contributed by atoms with Crippen LogP contribution in [0.4, 0.5) is 0 Å². The molecule has 0 aromatic rings. The topological polar surface area (TPSA) is 221 Å². The summed E-state index contributed by atoms with van der Waals surface area (Å²) in [5.74, 6) is -2.55. The zero-order chi connectivity index (χ0) is 31.4. The van der Waals surface area contributed by atoms with Gasteiger partial charge in [0.15, 0.2) is 0 Å². The number of allylic oxidation sites excluding steroid dienone is 1. The number of carbonyl (C=O) groups is 7. The fourth-order valence-electron chi connectivity index (χ4n) is 3.32. The van der Waals surface area contributed by atoms with Gasteiger partial charge in [0.2, 0.25) is 35.9 Å². The number of unbranched alkanes of at least 4 members (excludes halogenated alkanes) is 2. The van der Waals surface area contributed by atoms with E-state index in [0.717, 1.165) is 25.7 Å². The quantitative estimate of drug-likeness (QED) is 0.0430. The SMILES string of the molecule is C[C@@H](CCCCCOCCOCCC(=O)NC(CC=O)C(=O)NCC(N)=O)OCCNC(=O)CC/C=C\C(=O)NC=O. The average molecular weight is 600 g/mol. The molecule has 0 aliphatic rings. The third-order valence-corrected chi connectivity index (χ3v) is 5.50. The maximum absolute atomic E-state index is 12.0. The number of amides is 6. The second-order valence-electron chi connectivity index (χ2n) is 9.13. The average Bonchev–Trinajstić information content (AvgIpc) is 2.94. The van der Waals surface area contributed by atoms with Crippen LogP contribution in [0.25, 0.3) is 0 Å². The number of aldehydes is 1. The van der Waals surface area contributed by atoms with Gasteiger partial charge >= 0.3 is 0 Å². The first-order valence-electron chi connectivity index (χ1n) is 13.9. The molecular formula is C27H45N5O10. The lowest BCUT2D eigenvalue weighted by atomic mass is 10.1. The van der Waals surface area contributed by atoms with E-state index < -0.39 is 29.7 Å². The molecular weight excluding hydrogens is 554 g/mol. The number of nitrogens with two attached hydrogens (primary N) is 1. The first kappa shape index (κ1) is 38.3. The summed E-state index contributed by atoms with van der Waals surface area (Å²) in [6.07, 6.45) is 7.68. The van der Waals surface area contributed by atoms with Crippen molar-refractivity contribution in [3.05, 3.63) is 12.2 Å². The van der Waals surface area contributed by atoms with Crippen molar-refractivity contribution in [3.8, 4) is 0 Å². The van der Waals surface area contributed by atoms with Crippen LogP contribution in [0, 0.1) is 0 Å². The largest absolute Gasteiger partial charge is 0.379 e. The van der Waals surface area contributed by atoms with Gasteiger partial charge in [-0.25, -0.2) is 0 Å². The molecule has 0 aliphatic carbocycles. The molecule has 6 N–H and O–H groups in total. The van der Waals surface area contributed by atoms with Gasteiger partial charge in [-0.3, -0.25) is 34.1 Å². The van der Waals surface area contributed by atoms with Crippen LogP contribution in [0.2, 0.25) is 0 Å². The molecule has 2 atom stereocenters. The Morgan fingerprint density at radius 3 is 2.29 bits per heavy atom. The minimum absolute atomic E-state index is 0.00575. The lowest BCUT2D eigenvalue weighted by Gasteiger charge is -2.15. The number of rotatable bonds is 27. The van der Waals surface area contributed by atoms with Gasteiger partial charge in [0.1, 0.15) is 12.3 Å². The van der Waals surface area contributed by atoms with Gasteiger partial charge in [-0.2, -0.15) is 0 Å². The number of carbonyl (C=O) groups excluding carboxylic acids is 7. The Balaban J connectivity index is 3.66. The standard InChI is InChI=1S/C27H45N5O10/c1-21(42-16-12-29-24(36)8-4-5-9-25(37)31-20-34)7-3-2-6-14-40-17-18-41-15-11-26(38)32-22(10-13-33)27(39)30-19-23(28)35/h5,9,13,20-22H,2-4,6-8,10-12,14-19H2,1H3,(H2,28,35)(H,29,36)(H,30,39)(H,32,38)(H,31,34,37)/b9-5-/t21-,22?/m0/s1. The smallest absolute Gasteiger partial charge is 0.250 e. The van der Waals surface area contributed by atoms with Crippen LogP contribution in [-0.2, 0) is 47.8 Å². The minimum atomic E-state index is -1.08. The summed E-state index contributed by atoms with van der Waals surface area (Å²) in [6, 6.07) is -1.08. The van der Waals surface area contributed by atoms with E-state index in [0.29, 0.717) is 52.1 Å². The Labute approximate surface area is 246 Å². The molecule has 15 heteroatoms. The van der Waals surface area contributed by atoms with E-state index in [-0.39, 0.29) is 44.4 Å². The molecule has 6 amide bonds. The number of imide groups is 1. The van der Waals surface area contributed by atoms with Crippen molar-refractivity contribution >= 4 is 42.2 Å². The van der Waals surface area contributed by atoms with E-state index in [2.05, 4.69) is 16.0 Å². The van der Waals surface area contributed by atoms with Crippen molar-refractivity contribution in [2.45, 2.75) is 70.4 Å². The van der Waals surface area contributed by atoms with Crippen LogP contribution >= 0.6 is 0 Å². The first-order chi connectivity index (χ1) is 20.2. The number of nitrogens with one attached hydrogen (secondary N) is 4. The van der Waals surface area contributed by atoms with Gasteiger partial charge in [0.05, 0.1) is 39.1 Å². The molecule has 238 valence electrons. The molecule has 0 saturated heterocycles. The molecule has 0 spiro atoms. The predicted octanol–water partition coefficient (Wildman–Crippen LogP) is -1.22. The Kier molecular flexibility index (Phi) is 23.9. The summed E-state index contributed by atoms with van der Waals surface area (Å²) in [5, 5.41) is 9.38. The maximum Gasteiger partial charge on any atom is 0.250 e. The Morgan fingerprint density at radius 1 is 0.857 bits per heavy atom. The van der Waals surface area contributed by atoms with E-state index in [1.54, 1.807) is 0 Å². The van der Waals surface area contributed by atoms with Crippen LogP contribution in [0.3, 0.4) is 0 Å². The van der Waals surface area contributed by atoms with Crippen LogP contribution in [0.15, 0.2) is 12.2 Å². The molecule has 0 aliphatic heterocycles. The molecule has 1 unspecified atom stereocenters. The molecule has 0 radical (unpaired) electrons. The number of hydrogen-bond acceptors (Lipinski definition) is 10. The lowest BCUT2D eigenvalue weighted by Crippen LogP contribution is -2.48. The van der Waals surface area contributed by atoms with Crippen molar-refractivity contribution in [2.24, 2.45) is 5.73 Å². The molecule has 15 nitrogen and oxygen atoms in total. The summed E-state index contributed by atoms with van der Waals surface area (Å²) in [5.41, 5.74) is 4.96. The molecule has 0 aromatic heterocycles. The maximum atomic E-state index is 12.0. The Morgan fingerprint density at radius 2 is 1.60 bits per heavy atom. The fourth-order valence-corrected chi connectivity index (χ4v) is 3.32. The van der Waals surface area contributed by atoms with Gasteiger partial charge in [0.25, 0.3) is 0 Å². The van der Waals surface area contributed by atoms with E-state index in [1.165, 1.54) is 12.2 Å². The Bertz CT molecular complexity index is 868. The van der Waals surface area contributed by atoms with E-state index in [1.807, 2.05) is 12.2 Å². The highest BCUT2D eigenvalue weighted by Gasteiger charge is 2.20. The van der Waals surface area contributed by atoms with Crippen molar-refractivity contribution in [2.75, 3.05) is 46.1 Å².